The number of nitrogens with one attached hydrogen (secondary N) is 1. The summed E-state index contributed by atoms with van der Waals surface area (Å²) in [5.41, 5.74) is 3.71. The molecule has 2 rings (SSSR count). The van der Waals surface area contributed by atoms with Crippen molar-refractivity contribution in [2.45, 2.75) is 27.3 Å². The topological polar surface area (TPSA) is 51.2 Å². The van der Waals surface area contributed by atoms with Gasteiger partial charge >= 0.3 is 0 Å². The van der Waals surface area contributed by atoms with Crippen molar-refractivity contribution >= 4 is 5.91 Å². The number of carbonyl (C=O) groups is 1. The van der Waals surface area contributed by atoms with Crippen molar-refractivity contribution in [3.8, 4) is 5.88 Å². The number of benzene rings is 1. The summed E-state index contributed by atoms with van der Waals surface area (Å²) in [6, 6.07) is 9.55. The fraction of sp³-hybridized carbons (Fsp3) is 0.294. The van der Waals surface area contributed by atoms with Gasteiger partial charge in [-0.15, -0.1) is 0 Å². The third-order valence-electron chi connectivity index (χ3n) is 3.05. The van der Waals surface area contributed by atoms with E-state index >= 15 is 0 Å². The summed E-state index contributed by atoms with van der Waals surface area (Å²) in [5.74, 6) is 0.480. The van der Waals surface area contributed by atoms with Gasteiger partial charge in [0.25, 0.3) is 5.91 Å². The van der Waals surface area contributed by atoms with Crippen molar-refractivity contribution in [1.29, 1.82) is 0 Å². The Bertz CT molecular complexity index is 618. The highest BCUT2D eigenvalue weighted by Crippen LogP contribution is 2.14. The summed E-state index contributed by atoms with van der Waals surface area (Å²) in [4.78, 5) is 16.4. The van der Waals surface area contributed by atoms with Crippen molar-refractivity contribution in [2.24, 2.45) is 0 Å². The van der Waals surface area contributed by atoms with E-state index in [1.165, 1.54) is 0 Å². The highest BCUT2D eigenvalue weighted by Gasteiger charge is 2.09. The number of aromatic nitrogens is 1. The number of hydrogen-bond acceptors (Lipinski definition) is 3. The van der Waals surface area contributed by atoms with E-state index in [9.17, 15) is 4.79 Å². The second kappa shape index (κ2) is 6.88. The van der Waals surface area contributed by atoms with E-state index in [2.05, 4.69) is 10.3 Å². The van der Waals surface area contributed by atoms with E-state index < -0.39 is 0 Å². The fourth-order valence-corrected chi connectivity index (χ4v) is 2.21. The number of aryl methyl sites for hydroxylation is 2. The molecule has 0 saturated carbocycles. The van der Waals surface area contributed by atoms with Gasteiger partial charge in [-0.25, -0.2) is 4.98 Å². The van der Waals surface area contributed by atoms with Gasteiger partial charge in [0.05, 0.1) is 6.61 Å². The molecule has 0 spiro atoms. The molecule has 4 nitrogen and oxygen atoms in total. The van der Waals surface area contributed by atoms with E-state index in [0.717, 1.165) is 16.7 Å². The maximum Gasteiger partial charge on any atom is 0.251 e. The Hall–Kier alpha value is -2.36. The lowest BCUT2D eigenvalue weighted by Gasteiger charge is -2.10. The average Bonchev–Trinajstić information content (AvgIpc) is 2.45. The van der Waals surface area contributed by atoms with Gasteiger partial charge in [0.1, 0.15) is 0 Å². The predicted molar refractivity (Wildman–Crippen MR) is 82.5 cm³/mol. The van der Waals surface area contributed by atoms with E-state index in [0.29, 0.717) is 24.6 Å². The summed E-state index contributed by atoms with van der Waals surface area (Å²) < 4.78 is 5.45. The highest BCUT2D eigenvalue weighted by atomic mass is 16.5. The van der Waals surface area contributed by atoms with E-state index in [1.807, 2.05) is 51.1 Å². The number of rotatable bonds is 5. The third-order valence-corrected chi connectivity index (χ3v) is 3.05. The van der Waals surface area contributed by atoms with Crippen LogP contribution < -0.4 is 10.1 Å². The number of amides is 1. The first-order valence-corrected chi connectivity index (χ1v) is 7.03. The van der Waals surface area contributed by atoms with Gasteiger partial charge in [-0.3, -0.25) is 4.79 Å². The number of nitrogens with zero attached hydrogens (tertiary/aromatic N) is 1. The third kappa shape index (κ3) is 4.05. The summed E-state index contributed by atoms with van der Waals surface area (Å²) in [5, 5.41) is 2.91. The van der Waals surface area contributed by atoms with Crippen molar-refractivity contribution < 1.29 is 9.53 Å². The van der Waals surface area contributed by atoms with E-state index in [-0.39, 0.29) is 5.91 Å². The maximum atomic E-state index is 12.2. The summed E-state index contributed by atoms with van der Waals surface area (Å²) in [7, 11) is 0. The smallest absolute Gasteiger partial charge is 0.251 e. The lowest BCUT2D eigenvalue weighted by Crippen LogP contribution is -2.23. The SMILES string of the molecule is CCOc1ncccc1CNC(=O)c1cc(C)cc(C)c1. The molecule has 21 heavy (non-hydrogen) atoms. The van der Waals surface area contributed by atoms with Crippen LogP contribution in [0.15, 0.2) is 36.5 Å². The maximum absolute atomic E-state index is 12.2. The summed E-state index contributed by atoms with van der Waals surface area (Å²) in [6.45, 7) is 6.83. The molecule has 0 aliphatic rings. The molecule has 1 aromatic carbocycles. The van der Waals surface area contributed by atoms with Gasteiger partial charge in [-0.05, 0) is 39.0 Å². The molecule has 110 valence electrons. The number of hydrogen-bond donors (Lipinski definition) is 1. The molecule has 0 bridgehead atoms. The Morgan fingerprint density at radius 3 is 2.62 bits per heavy atom. The first-order valence-electron chi connectivity index (χ1n) is 7.03. The Morgan fingerprint density at radius 2 is 1.95 bits per heavy atom. The van der Waals surface area contributed by atoms with Gasteiger partial charge in [0.15, 0.2) is 0 Å². The molecular formula is C17H20N2O2. The Kier molecular flexibility index (Phi) is 4.93. The van der Waals surface area contributed by atoms with Crippen molar-refractivity contribution in [3.63, 3.8) is 0 Å². The second-order valence-corrected chi connectivity index (χ2v) is 4.96. The van der Waals surface area contributed by atoms with Crippen molar-refractivity contribution in [2.75, 3.05) is 6.61 Å². The van der Waals surface area contributed by atoms with Gasteiger partial charge < -0.3 is 10.1 Å². The summed E-state index contributed by atoms with van der Waals surface area (Å²) >= 11 is 0. The number of ether oxygens (including phenoxy) is 1. The molecule has 2 aromatic rings. The Labute approximate surface area is 125 Å². The molecule has 1 heterocycles. The molecule has 1 N–H and O–H groups in total. The van der Waals surface area contributed by atoms with Gasteiger partial charge in [0.2, 0.25) is 5.88 Å². The quantitative estimate of drug-likeness (QED) is 0.918. The average molecular weight is 284 g/mol. The van der Waals surface area contributed by atoms with Crippen LogP contribution in [-0.4, -0.2) is 17.5 Å². The number of pyridine rings is 1. The normalized spacial score (nSPS) is 10.2. The highest BCUT2D eigenvalue weighted by molar-refractivity contribution is 5.94. The van der Waals surface area contributed by atoms with Crippen LogP contribution in [0.1, 0.15) is 34.0 Å². The van der Waals surface area contributed by atoms with Crippen LogP contribution in [0.25, 0.3) is 0 Å². The molecule has 0 saturated heterocycles. The van der Waals surface area contributed by atoms with Crippen LogP contribution >= 0.6 is 0 Å². The second-order valence-electron chi connectivity index (χ2n) is 4.96. The van der Waals surface area contributed by atoms with Crippen LogP contribution in [0.4, 0.5) is 0 Å². The van der Waals surface area contributed by atoms with E-state index in [4.69, 9.17) is 4.74 Å². The zero-order valence-electron chi connectivity index (χ0n) is 12.6. The molecule has 4 heteroatoms. The molecule has 1 aromatic heterocycles. The largest absolute Gasteiger partial charge is 0.478 e. The molecule has 0 atom stereocenters. The van der Waals surface area contributed by atoms with Crippen LogP contribution in [0.3, 0.4) is 0 Å². The van der Waals surface area contributed by atoms with Crippen LogP contribution in [-0.2, 0) is 6.54 Å². The Balaban J connectivity index is 2.07. The molecule has 0 unspecified atom stereocenters. The van der Waals surface area contributed by atoms with Crippen LogP contribution in [0.2, 0.25) is 0 Å². The van der Waals surface area contributed by atoms with Crippen LogP contribution in [0, 0.1) is 13.8 Å². The monoisotopic (exact) mass is 284 g/mol. The standard InChI is InChI=1S/C17H20N2O2/c1-4-21-17-14(6-5-7-18-17)11-19-16(20)15-9-12(2)8-13(3)10-15/h5-10H,4,11H2,1-3H3,(H,19,20). The minimum Gasteiger partial charge on any atom is -0.478 e. The molecular weight excluding hydrogens is 264 g/mol. The lowest BCUT2D eigenvalue weighted by atomic mass is 10.1. The molecule has 0 fully saturated rings. The zero-order valence-corrected chi connectivity index (χ0v) is 12.6. The van der Waals surface area contributed by atoms with Crippen molar-refractivity contribution in [1.82, 2.24) is 10.3 Å². The molecule has 0 aliphatic heterocycles. The van der Waals surface area contributed by atoms with Gasteiger partial charge in [-0.1, -0.05) is 23.3 Å². The fourth-order valence-electron chi connectivity index (χ4n) is 2.21. The zero-order chi connectivity index (χ0) is 15.2. The molecule has 0 radical (unpaired) electrons. The van der Waals surface area contributed by atoms with Crippen molar-refractivity contribution in [3.05, 3.63) is 58.8 Å². The van der Waals surface area contributed by atoms with Gasteiger partial charge in [-0.2, -0.15) is 0 Å². The minimum atomic E-state index is -0.0897. The first-order chi connectivity index (χ1) is 10.1. The summed E-state index contributed by atoms with van der Waals surface area (Å²) in [6.07, 6.45) is 1.68. The Morgan fingerprint density at radius 1 is 1.24 bits per heavy atom. The predicted octanol–water partition coefficient (Wildman–Crippen LogP) is 3.03. The first kappa shape index (κ1) is 15.0. The molecule has 1 amide bonds. The lowest BCUT2D eigenvalue weighted by molar-refractivity contribution is 0.0950. The molecule has 0 aliphatic carbocycles. The van der Waals surface area contributed by atoms with Crippen LogP contribution in [0.5, 0.6) is 5.88 Å². The minimum absolute atomic E-state index is 0.0897. The van der Waals surface area contributed by atoms with Gasteiger partial charge in [0, 0.05) is 23.9 Å². The number of carbonyl (C=O) groups excluding carboxylic acids is 1. The van der Waals surface area contributed by atoms with E-state index in [1.54, 1.807) is 6.20 Å².